The molecule has 1 fully saturated rings. The number of aliphatic carboxylic acids is 1. The topological polar surface area (TPSA) is 81.4 Å². The summed E-state index contributed by atoms with van der Waals surface area (Å²) in [4.78, 5) is 23.5. The molecule has 1 saturated heterocycles. The van der Waals surface area contributed by atoms with Gasteiger partial charge in [-0.1, -0.05) is 0 Å². The summed E-state index contributed by atoms with van der Waals surface area (Å²) in [6, 6.07) is 5.51. The van der Waals surface area contributed by atoms with Crippen LogP contribution in [0.5, 0.6) is 0 Å². The minimum Gasteiger partial charge on any atom is -0.481 e. The van der Waals surface area contributed by atoms with Crippen molar-refractivity contribution in [3.63, 3.8) is 0 Å². The summed E-state index contributed by atoms with van der Waals surface area (Å²) >= 11 is 0. The Hall–Kier alpha value is -2.42. The predicted octanol–water partition coefficient (Wildman–Crippen LogP) is 1.13. The second kappa shape index (κ2) is 4.45. The molecule has 1 heterocycles. The van der Waals surface area contributed by atoms with Crippen molar-refractivity contribution in [3.05, 3.63) is 29.6 Å². The number of amides is 1. The highest BCUT2D eigenvalue weighted by Crippen LogP contribution is 2.27. The number of carboxylic acids is 1. The lowest BCUT2D eigenvalue weighted by Crippen LogP contribution is -2.26. The zero-order valence-electron chi connectivity index (χ0n) is 9.26. The third-order valence-electron chi connectivity index (χ3n) is 2.84. The van der Waals surface area contributed by atoms with Crippen LogP contribution in [0.4, 0.5) is 10.1 Å². The molecule has 0 bridgehead atoms. The largest absolute Gasteiger partial charge is 0.481 e. The lowest BCUT2D eigenvalue weighted by atomic mass is 10.1. The van der Waals surface area contributed by atoms with Gasteiger partial charge in [0, 0.05) is 13.0 Å². The molecule has 92 valence electrons. The summed E-state index contributed by atoms with van der Waals surface area (Å²) in [5.41, 5.74) is 0.167. The Balaban J connectivity index is 2.30. The van der Waals surface area contributed by atoms with Crippen molar-refractivity contribution in [3.8, 4) is 6.07 Å². The highest BCUT2D eigenvalue weighted by atomic mass is 19.1. The van der Waals surface area contributed by atoms with Gasteiger partial charge in [0.2, 0.25) is 5.91 Å². The van der Waals surface area contributed by atoms with Crippen molar-refractivity contribution >= 4 is 17.6 Å². The summed E-state index contributed by atoms with van der Waals surface area (Å²) in [6.07, 6.45) is -0.130. The van der Waals surface area contributed by atoms with E-state index in [4.69, 9.17) is 10.4 Å². The minimum atomic E-state index is -1.07. The molecule has 0 aromatic heterocycles. The van der Waals surface area contributed by atoms with Gasteiger partial charge in [-0.15, -0.1) is 0 Å². The van der Waals surface area contributed by atoms with E-state index in [0.29, 0.717) is 0 Å². The molecular formula is C12H9FN2O3. The van der Waals surface area contributed by atoms with E-state index < -0.39 is 23.6 Å². The van der Waals surface area contributed by atoms with Crippen molar-refractivity contribution in [2.24, 2.45) is 5.92 Å². The van der Waals surface area contributed by atoms with Gasteiger partial charge in [-0.05, 0) is 18.2 Å². The molecule has 1 N–H and O–H groups in total. The van der Waals surface area contributed by atoms with Gasteiger partial charge in [0.05, 0.1) is 23.2 Å². The van der Waals surface area contributed by atoms with Crippen LogP contribution in [-0.4, -0.2) is 23.5 Å². The molecule has 1 atom stereocenters. The Morgan fingerprint density at radius 1 is 1.56 bits per heavy atom. The normalized spacial score (nSPS) is 18.8. The molecule has 0 saturated carbocycles. The van der Waals surface area contributed by atoms with E-state index in [2.05, 4.69) is 0 Å². The molecule has 2 rings (SSSR count). The highest BCUT2D eigenvalue weighted by Gasteiger charge is 2.36. The van der Waals surface area contributed by atoms with Gasteiger partial charge in [-0.2, -0.15) is 5.26 Å². The van der Waals surface area contributed by atoms with Gasteiger partial charge < -0.3 is 10.0 Å². The van der Waals surface area contributed by atoms with E-state index in [-0.39, 0.29) is 24.2 Å². The average molecular weight is 248 g/mol. The molecule has 1 aliphatic rings. The van der Waals surface area contributed by atoms with E-state index in [9.17, 15) is 14.0 Å². The van der Waals surface area contributed by atoms with Crippen LogP contribution in [0.15, 0.2) is 18.2 Å². The first kappa shape index (κ1) is 12.0. The van der Waals surface area contributed by atoms with Crippen LogP contribution < -0.4 is 4.90 Å². The van der Waals surface area contributed by atoms with Crippen LogP contribution in [-0.2, 0) is 9.59 Å². The lowest BCUT2D eigenvalue weighted by Gasteiger charge is -2.16. The van der Waals surface area contributed by atoms with Crippen LogP contribution in [0.25, 0.3) is 0 Å². The highest BCUT2D eigenvalue weighted by molar-refractivity contribution is 5.99. The smallest absolute Gasteiger partial charge is 0.308 e. The summed E-state index contributed by atoms with van der Waals surface area (Å²) in [6.45, 7) is -0.0447. The molecule has 1 unspecified atom stereocenters. The van der Waals surface area contributed by atoms with E-state index in [1.165, 1.54) is 12.1 Å². The fourth-order valence-corrected chi connectivity index (χ4v) is 1.90. The monoisotopic (exact) mass is 248 g/mol. The van der Waals surface area contributed by atoms with Crippen molar-refractivity contribution in [1.82, 2.24) is 0 Å². The number of rotatable bonds is 2. The first-order valence-corrected chi connectivity index (χ1v) is 5.25. The van der Waals surface area contributed by atoms with Crippen molar-refractivity contribution in [1.29, 1.82) is 5.26 Å². The molecule has 1 aliphatic heterocycles. The molecule has 6 heteroatoms. The second-order valence-electron chi connectivity index (χ2n) is 4.02. The van der Waals surface area contributed by atoms with E-state index in [1.807, 2.05) is 0 Å². The first-order valence-electron chi connectivity index (χ1n) is 5.25. The SMILES string of the molecule is N#Cc1ccc(N2CC(C(=O)O)CC2=O)c(F)c1. The molecule has 1 aromatic carbocycles. The number of hydrogen-bond donors (Lipinski definition) is 1. The standard InChI is InChI=1S/C12H9FN2O3/c13-9-3-7(5-14)1-2-10(9)15-6-8(12(17)18)4-11(15)16/h1-3,8H,4,6H2,(H,17,18). The first-order chi connectivity index (χ1) is 8.52. The van der Waals surface area contributed by atoms with Gasteiger partial charge in [-0.25, -0.2) is 4.39 Å². The number of carboxylic acid groups (broad SMARTS) is 1. The molecule has 18 heavy (non-hydrogen) atoms. The summed E-state index contributed by atoms with van der Waals surface area (Å²) < 4.78 is 13.7. The zero-order chi connectivity index (χ0) is 13.3. The molecule has 0 aliphatic carbocycles. The van der Waals surface area contributed by atoms with Crippen LogP contribution in [0.1, 0.15) is 12.0 Å². The van der Waals surface area contributed by atoms with Crippen LogP contribution in [0.3, 0.4) is 0 Å². The molecular weight excluding hydrogens is 239 g/mol. The number of benzene rings is 1. The maximum Gasteiger partial charge on any atom is 0.308 e. The number of carbonyl (C=O) groups excluding carboxylic acids is 1. The minimum absolute atomic E-state index is 0.0164. The van der Waals surface area contributed by atoms with Gasteiger partial charge >= 0.3 is 5.97 Å². The van der Waals surface area contributed by atoms with E-state index in [1.54, 1.807) is 6.07 Å². The van der Waals surface area contributed by atoms with Crippen molar-refractivity contribution < 1.29 is 19.1 Å². The maximum absolute atomic E-state index is 13.7. The van der Waals surface area contributed by atoms with Gasteiger partial charge in [-0.3, -0.25) is 9.59 Å². The van der Waals surface area contributed by atoms with Gasteiger partial charge in [0.1, 0.15) is 5.82 Å². The number of anilines is 1. The Morgan fingerprint density at radius 2 is 2.28 bits per heavy atom. The number of halogens is 1. The third kappa shape index (κ3) is 2.02. The van der Waals surface area contributed by atoms with Gasteiger partial charge in [0.15, 0.2) is 0 Å². The molecule has 5 nitrogen and oxygen atoms in total. The lowest BCUT2D eigenvalue weighted by molar-refractivity contribution is -0.141. The van der Waals surface area contributed by atoms with Gasteiger partial charge in [0.25, 0.3) is 0 Å². The fourth-order valence-electron chi connectivity index (χ4n) is 1.90. The predicted molar refractivity (Wildman–Crippen MR) is 59.2 cm³/mol. The zero-order valence-corrected chi connectivity index (χ0v) is 9.26. The van der Waals surface area contributed by atoms with E-state index in [0.717, 1.165) is 11.0 Å². The Labute approximate surface area is 102 Å². The number of carbonyl (C=O) groups is 2. The van der Waals surface area contributed by atoms with E-state index >= 15 is 0 Å². The third-order valence-corrected chi connectivity index (χ3v) is 2.84. The molecule has 0 spiro atoms. The summed E-state index contributed by atoms with van der Waals surface area (Å²) in [7, 11) is 0. The Kier molecular flexibility index (Phi) is 2.98. The fraction of sp³-hybridized carbons (Fsp3) is 0.250. The summed E-state index contributed by atoms with van der Waals surface area (Å²) in [5, 5.41) is 17.4. The number of hydrogen-bond acceptors (Lipinski definition) is 3. The van der Waals surface area contributed by atoms with Crippen molar-refractivity contribution in [2.45, 2.75) is 6.42 Å². The van der Waals surface area contributed by atoms with Crippen LogP contribution >= 0.6 is 0 Å². The van der Waals surface area contributed by atoms with Crippen LogP contribution in [0.2, 0.25) is 0 Å². The molecule has 0 radical (unpaired) electrons. The Morgan fingerprint density at radius 3 is 2.78 bits per heavy atom. The molecule has 1 aromatic rings. The summed E-state index contributed by atoms with van der Waals surface area (Å²) in [5.74, 6) is -3.01. The quantitative estimate of drug-likeness (QED) is 0.850. The molecule has 1 amide bonds. The van der Waals surface area contributed by atoms with Crippen LogP contribution in [0, 0.1) is 23.1 Å². The Bertz CT molecular complexity index is 565. The maximum atomic E-state index is 13.7. The number of nitrogens with zero attached hydrogens (tertiary/aromatic N) is 2. The number of nitriles is 1. The average Bonchev–Trinajstić information content (AvgIpc) is 2.71. The van der Waals surface area contributed by atoms with Crippen molar-refractivity contribution in [2.75, 3.05) is 11.4 Å². The second-order valence-corrected chi connectivity index (χ2v) is 4.02.